The van der Waals surface area contributed by atoms with Crippen molar-refractivity contribution in [3.8, 4) is 17.2 Å². The van der Waals surface area contributed by atoms with Crippen LogP contribution in [0.15, 0.2) is 46.0 Å². The fourth-order valence-electron chi connectivity index (χ4n) is 2.38. The molecule has 8 nitrogen and oxygen atoms in total. The predicted molar refractivity (Wildman–Crippen MR) is 114 cm³/mol. The minimum atomic E-state index is -0.538. The van der Waals surface area contributed by atoms with E-state index in [1.165, 1.54) is 20.4 Å². The van der Waals surface area contributed by atoms with Crippen molar-refractivity contribution in [2.75, 3.05) is 26.1 Å². The molecule has 0 aliphatic heterocycles. The zero-order valence-electron chi connectivity index (χ0n) is 16.3. The van der Waals surface area contributed by atoms with Crippen molar-refractivity contribution in [3.63, 3.8) is 0 Å². The summed E-state index contributed by atoms with van der Waals surface area (Å²) in [6.07, 6.45) is 1.08. The van der Waals surface area contributed by atoms with Gasteiger partial charge in [0.15, 0.2) is 11.5 Å². The number of nitrogens with one attached hydrogen (secondary N) is 2. The maximum absolute atomic E-state index is 12.0. The van der Waals surface area contributed by atoms with Crippen molar-refractivity contribution >= 4 is 39.6 Å². The maximum Gasteiger partial charge on any atom is 0.249 e. The van der Waals surface area contributed by atoms with Crippen molar-refractivity contribution < 1.29 is 23.8 Å². The number of ether oxygens (including phenoxy) is 3. The summed E-state index contributed by atoms with van der Waals surface area (Å²) in [7, 11) is 3.06. The van der Waals surface area contributed by atoms with E-state index < -0.39 is 11.8 Å². The highest BCUT2D eigenvalue weighted by molar-refractivity contribution is 9.10. The second-order valence-electron chi connectivity index (χ2n) is 5.71. The average molecular weight is 464 g/mol. The molecule has 0 fully saturated rings. The van der Waals surface area contributed by atoms with Crippen LogP contribution in [0.4, 0.5) is 5.69 Å². The van der Waals surface area contributed by atoms with E-state index >= 15 is 0 Å². The number of hydrogen-bond donors (Lipinski definition) is 2. The van der Waals surface area contributed by atoms with E-state index in [9.17, 15) is 9.59 Å². The van der Waals surface area contributed by atoms with E-state index in [0.29, 0.717) is 39.6 Å². The lowest BCUT2D eigenvalue weighted by atomic mass is 10.2. The number of carbonyl (C=O) groups is 2. The van der Waals surface area contributed by atoms with Gasteiger partial charge in [0.2, 0.25) is 11.8 Å². The molecule has 2 rings (SSSR count). The zero-order chi connectivity index (χ0) is 21.2. The number of hydrazone groups is 1. The van der Waals surface area contributed by atoms with Crippen LogP contribution in [-0.4, -0.2) is 38.9 Å². The summed E-state index contributed by atoms with van der Waals surface area (Å²) in [5.41, 5.74) is 3.57. The first-order valence-electron chi connectivity index (χ1n) is 8.73. The molecule has 0 unspecified atom stereocenters. The van der Waals surface area contributed by atoms with E-state index in [-0.39, 0.29) is 6.42 Å². The van der Waals surface area contributed by atoms with Gasteiger partial charge in [-0.05, 0) is 64.8 Å². The van der Waals surface area contributed by atoms with E-state index in [2.05, 4.69) is 31.8 Å². The number of methoxy groups -OCH3 is 2. The molecule has 0 spiro atoms. The molecule has 0 aliphatic rings. The lowest BCUT2D eigenvalue weighted by molar-refractivity contribution is -0.126. The number of nitrogens with zero attached hydrogens (tertiary/aromatic N) is 1. The van der Waals surface area contributed by atoms with Crippen LogP contribution in [0.3, 0.4) is 0 Å². The Bertz CT molecular complexity index is 884. The van der Waals surface area contributed by atoms with Gasteiger partial charge in [-0.3, -0.25) is 9.59 Å². The van der Waals surface area contributed by atoms with E-state index in [1.54, 1.807) is 36.4 Å². The Morgan fingerprint density at radius 1 is 1.10 bits per heavy atom. The third kappa shape index (κ3) is 6.79. The maximum atomic E-state index is 12.0. The van der Waals surface area contributed by atoms with Gasteiger partial charge >= 0.3 is 0 Å². The van der Waals surface area contributed by atoms with Gasteiger partial charge in [-0.2, -0.15) is 5.10 Å². The van der Waals surface area contributed by atoms with Gasteiger partial charge in [0.1, 0.15) is 12.2 Å². The highest BCUT2D eigenvalue weighted by atomic mass is 79.9. The average Bonchev–Trinajstić information content (AvgIpc) is 2.69. The molecule has 0 saturated carbocycles. The van der Waals surface area contributed by atoms with E-state index in [0.717, 1.165) is 0 Å². The lowest BCUT2D eigenvalue weighted by Gasteiger charge is -2.10. The number of anilines is 1. The third-order valence-corrected chi connectivity index (χ3v) is 4.22. The monoisotopic (exact) mass is 463 g/mol. The summed E-state index contributed by atoms with van der Waals surface area (Å²) < 4.78 is 16.5. The van der Waals surface area contributed by atoms with Crippen LogP contribution >= 0.6 is 15.9 Å². The molecule has 2 amide bonds. The number of amides is 2. The highest BCUT2D eigenvalue weighted by Crippen LogP contribution is 2.35. The predicted octanol–water partition coefficient (Wildman–Crippen LogP) is 3.34. The molecule has 154 valence electrons. The van der Waals surface area contributed by atoms with E-state index in [4.69, 9.17) is 14.2 Å². The molecular formula is C20H22BrN3O5. The van der Waals surface area contributed by atoms with Gasteiger partial charge in [0.05, 0.1) is 31.5 Å². The molecule has 0 bridgehead atoms. The van der Waals surface area contributed by atoms with Crippen molar-refractivity contribution in [1.82, 2.24) is 5.43 Å². The summed E-state index contributed by atoms with van der Waals surface area (Å²) in [5, 5.41) is 6.51. The normalized spacial score (nSPS) is 10.5. The Morgan fingerprint density at radius 2 is 1.83 bits per heavy atom. The summed E-state index contributed by atoms with van der Waals surface area (Å²) in [6.45, 7) is 2.45. The number of benzene rings is 2. The van der Waals surface area contributed by atoms with Gasteiger partial charge in [-0.1, -0.05) is 0 Å². The summed E-state index contributed by atoms with van der Waals surface area (Å²) >= 11 is 3.38. The second-order valence-corrected chi connectivity index (χ2v) is 6.57. The molecule has 0 aliphatic carbocycles. The van der Waals surface area contributed by atoms with Gasteiger partial charge in [0.25, 0.3) is 0 Å². The number of hydrogen-bond acceptors (Lipinski definition) is 6. The van der Waals surface area contributed by atoms with E-state index in [1.807, 2.05) is 6.92 Å². The standard InChI is InChI=1S/C20H22BrN3O5/c1-4-29-15-7-5-14(6-8-15)23-18(25)11-19(26)24-22-12-13-9-16(21)20(28-3)17(10-13)27-2/h5-10,12H,4,11H2,1-3H3,(H,23,25)(H,24,26). The SMILES string of the molecule is CCOc1ccc(NC(=O)CC(=O)NN=Cc2cc(Br)c(OC)c(OC)c2)cc1. The Kier molecular flexibility index (Phi) is 8.47. The van der Waals surface area contributed by atoms with Crippen LogP contribution in [0, 0.1) is 0 Å². The first-order valence-corrected chi connectivity index (χ1v) is 9.52. The highest BCUT2D eigenvalue weighted by Gasteiger charge is 2.11. The topological polar surface area (TPSA) is 98.2 Å². The fraction of sp³-hybridized carbons (Fsp3) is 0.250. The largest absolute Gasteiger partial charge is 0.494 e. The summed E-state index contributed by atoms with van der Waals surface area (Å²) in [4.78, 5) is 23.9. The smallest absolute Gasteiger partial charge is 0.249 e. The molecule has 2 aromatic rings. The third-order valence-electron chi connectivity index (χ3n) is 3.63. The summed E-state index contributed by atoms with van der Waals surface area (Å²) in [5.74, 6) is 0.795. The van der Waals surface area contributed by atoms with Gasteiger partial charge in [-0.25, -0.2) is 5.43 Å². The second kappa shape index (κ2) is 11.1. The lowest BCUT2D eigenvalue weighted by Crippen LogP contribution is -2.24. The molecule has 29 heavy (non-hydrogen) atoms. The molecule has 0 atom stereocenters. The molecule has 2 N–H and O–H groups in total. The summed E-state index contributed by atoms with van der Waals surface area (Å²) in [6, 6.07) is 10.4. The molecular weight excluding hydrogens is 442 g/mol. The fourth-order valence-corrected chi connectivity index (χ4v) is 3.00. The molecule has 0 aromatic heterocycles. The van der Waals surface area contributed by atoms with Crippen molar-refractivity contribution in [3.05, 3.63) is 46.4 Å². The van der Waals surface area contributed by atoms with Crippen LogP contribution in [0.2, 0.25) is 0 Å². The van der Waals surface area contributed by atoms with Crippen LogP contribution < -0.4 is 25.0 Å². The Labute approximate surface area is 177 Å². The van der Waals surface area contributed by atoms with Gasteiger partial charge in [0, 0.05) is 5.69 Å². The Hall–Kier alpha value is -3.07. The first kappa shape index (κ1) is 22.2. The molecule has 2 aromatic carbocycles. The Balaban J connectivity index is 1.87. The van der Waals surface area contributed by atoms with Crippen LogP contribution in [0.25, 0.3) is 0 Å². The van der Waals surface area contributed by atoms with Crippen LogP contribution in [0.1, 0.15) is 18.9 Å². The van der Waals surface area contributed by atoms with Crippen LogP contribution in [0.5, 0.6) is 17.2 Å². The Morgan fingerprint density at radius 3 is 2.45 bits per heavy atom. The van der Waals surface area contributed by atoms with Crippen molar-refractivity contribution in [2.45, 2.75) is 13.3 Å². The quantitative estimate of drug-likeness (QED) is 0.337. The minimum absolute atomic E-state index is 0.361. The van der Waals surface area contributed by atoms with Gasteiger partial charge < -0.3 is 19.5 Å². The van der Waals surface area contributed by atoms with Crippen LogP contribution in [-0.2, 0) is 9.59 Å². The van der Waals surface area contributed by atoms with Crippen molar-refractivity contribution in [1.29, 1.82) is 0 Å². The van der Waals surface area contributed by atoms with Gasteiger partial charge in [-0.15, -0.1) is 0 Å². The first-order chi connectivity index (χ1) is 14.0. The molecule has 9 heteroatoms. The number of halogens is 1. The number of carbonyl (C=O) groups excluding carboxylic acids is 2. The van der Waals surface area contributed by atoms with Crippen molar-refractivity contribution in [2.24, 2.45) is 5.10 Å². The zero-order valence-corrected chi connectivity index (χ0v) is 17.9. The minimum Gasteiger partial charge on any atom is -0.494 e. The molecule has 0 radical (unpaired) electrons. The molecule has 0 saturated heterocycles. The molecule has 0 heterocycles. The number of rotatable bonds is 9.